The molecule has 2 rings (SSSR count). The number of anilines is 1. The van der Waals surface area contributed by atoms with Crippen LogP contribution >= 0.6 is 0 Å². The normalized spacial score (nSPS) is 10.6. The molecule has 0 atom stereocenters. The van der Waals surface area contributed by atoms with Gasteiger partial charge in [-0.25, -0.2) is 9.97 Å². The molecule has 1 aromatic carbocycles. The van der Waals surface area contributed by atoms with Crippen LogP contribution in [0.3, 0.4) is 0 Å². The van der Waals surface area contributed by atoms with Gasteiger partial charge in [0.25, 0.3) is 0 Å². The number of nitrogens with two attached hydrogens (primary N) is 1. The molecule has 1 heterocycles. The Bertz CT molecular complexity index is 538. The number of hydrogen-bond acceptors (Lipinski definition) is 4. The van der Waals surface area contributed by atoms with Crippen molar-refractivity contribution in [1.29, 1.82) is 0 Å². The second-order valence-corrected chi connectivity index (χ2v) is 4.28. The summed E-state index contributed by atoms with van der Waals surface area (Å²) in [5.41, 5.74) is 9.01. The van der Waals surface area contributed by atoms with Crippen molar-refractivity contribution >= 4 is 5.82 Å². The van der Waals surface area contributed by atoms with Crippen LogP contribution in [0.25, 0.3) is 11.3 Å². The molecule has 2 N–H and O–H groups in total. The first-order valence-corrected chi connectivity index (χ1v) is 6.53. The lowest BCUT2D eigenvalue weighted by atomic mass is 10.1. The molecule has 0 radical (unpaired) electrons. The molecular weight excluding hydrogens is 238 g/mol. The van der Waals surface area contributed by atoms with Crippen molar-refractivity contribution in [2.75, 3.05) is 12.3 Å². The molecule has 4 nitrogen and oxygen atoms in total. The highest BCUT2D eigenvalue weighted by molar-refractivity contribution is 5.62. The zero-order valence-electron chi connectivity index (χ0n) is 11.4. The van der Waals surface area contributed by atoms with E-state index in [0.29, 0.717) is 24.9 Å². The maximum Gasteiger partial charge on any atom is 0.157 e. The van der Waals surface area contributed by atoms with Crippen LogP contribution in [0.5, 0.6) is 0 Å². The summed E-state index contributed by atoms with van der Waals surface area (Å²) in [5, 5.41) is 0. The van der Waals surface area contributed by atoms with Crippen LogP contribution < -0.4 is 5.73 Å². The predicted octanol–water partition coefficient (Wildman–Crippen LogP) is 2.82. The maximum atomic E-state index is 5.82. The Kier molecular flexibility index (Phi) is 4.47. The van der Waals surface area contributed by atoms with E-state index in [4.69, 9.17) is 10.5 Å². The summed E-state index contributed by atoms with van der Waals surface area (Å²) in [7, 11) is 0. The molecule has 0 saturated carbocycles. The highest BCUT2D eigenvalue weighted by Crippen LogP contribution is 2.19. The smallest absolute Gasteiger partial charge is 0.157 e. The van der Waals surface area contributed by atoms with Gasteiger partial charge in [0.1, 0.15) is 12.4 Å². The van der Waals surface area contributed by atoms with Crippen LogP contribution in [0.1, 0.15) is 25.2 Å². The van der Waals surface area contributed by atoms with Crippen molar-refractivity contribution in [3.63, 3.8) is 0 Å². The van der Waals surface area contributed by atoms with Crippen LogP contribution in [0.15, 0.2) is 30.3 Å². The van der Waals surface area contributed by atoms with Crippen molar-refractivity contribution in [2.45, 2.75) is 26.9 Å². The Balaban J connectivity index is 2.29. The predicted molar refractivity (Wildman–Crippen MR) is 76.6 cm³/mol. The van der Waals surface area contributed by atoms with E-state index in [1.165, 1.54) is 5.56 Å². The van der Waals surface area contributed by atoms with Gasteiger partial charge < -0.3 is 10.5 Å². The lowest BCUT2D eigenvalue weighted by molar-refractivity contribution is 0.128. The lowest BCUT2D eigenvalue weighted by Gasteiger charge is -2.07. The van der Waals surface area contributed by atoms with Crippen molar-refractivity contribution in [1.82, 2.24) is 9.97 Å². The molecule has 0 aliphatic rings. The van der Waals surface area contributed by atoms with Gasteiger partial charge >= 0.3 is 0 Å². The molecule has 0 unspecified atom stereocenters. The number of aromatic nitrogens is 2. The van der Waals surface area contributed by atoms with Gasteiger partial charge in [-0.15, -0.1) is 0 Å². The second kappa shape index (κ2) is 6.29. The molecule has 0 saturated heterocycles. The number of rotatable bonds is 5. The zero-order chi connectivity index (χ0) is 13.7. The largest absolute Gasteiger partial charge is 0.384 e. The third-order valence-corrected chi connectivity index (χ3v) is 2.89. The highest BCUT2D eigenvalue weighted by Gasteiger charge is 2.05. The molecule has 4 heteroatoms. The minimum absolute atomic E-state index is 0.390. The van der Waals surface area contributed by atoms with Gasteiger partial charge in [-0.2, -0.15) is 0 Å². The van der Waals surface area contributed by atoms with E-state index in [-0.39, 0.29) is 0 Å². The monoisotopic (exact) mass is 257 g/mol. The van der Waals surface area contributed by atoms with Crippen molar-refractivity contribution in [3.8, 4) is 11.3 Å². The van der Waals surface area contributed by atoms with E-state index in [9.17, 15) is 0 Å². The van der Waals surface area contributed by atoms with E-state index < -0.39 is 0 Å². The first-order chi connectivity index (χ1) is 9.22. The first-order valence-electron chi connectivity index (χ1n) is 6.53. The van der Waals surface area contributed by atoms with Gasteiger partial charge in [-0.1, -0.05) is 31.2 Å². The summed E-state index contributed by atoms with van der Waals surface area (Å²) >= 11 is 0. The van der Waals surface area contributed by atoms with Crippen molar-refractivity contribution in [3.05, 3.63) is 41.7 Å². The topological polar surface area (TPSA) is 61.0 Å². The summed E-state index contributed by atoms with van der Waals surface area (Å²) < 4.78 is 5.32. The van der Waals surface area contributed by atoms with Gasteiger partial charge in [0, 0.05) is 18.2 Å². The number of hydrogen-bond donors (Lipinski definition) is 1. The van der Waals surface area contributed by atoms with Crippen molar-refractivity contribution < 1.29 is 4.74 Å². The van der Waals surface area contributed by atoms with E-state index in [0.717, 1.165) is 17.7 Å². The fourth-order valence-electron chi connectivity index (χ4n) is 1.83. The fraction of sp³-hybridized carbons (Fsp3) is 0.333. The maximum absolute atomic E-state index is 5.82. The summed E-state index contributed by atoms with van der Waals surface area (Å²) in [4.78, 5) is 8.65. The Morgan fingerprint density at radius 1 is 1.11 bits per heavy atom. The molecule has 0 aliphatic carbocycles. The van der Waals surface area contributed by atoms with E-state index in [1.54, 1.807) is 6.07 Å². The van der Waals surface area contributed by atoms with Gasteiger partial charge in [-0.05, 0) is 18.9 Å². The highest BCUT2D eigenvalue weighted by atomic mass is 16.5. The number of ether oxygens (including phenoxy) is 1. The molecule has 1 aromatic heterocycles. The van der Waals surface area contributed by atoms with Crippen LogP contribution in [0, 0.1) is 0 Å². The number of aryl methyl sites for hydroxylation is 1. The molecule has 0 fully saturated rings. The molecule has 0 spiro atoms. The number of nitrogen functional groups attached to an aromatic ring is 1. The van der Waals surface area contributed by atoms with Crippen molar-refractivity contribution in [2.24, 2.45) is 0 Å². The quantitative estimate of drug-likeness (QED) is 0.894. The molecule has 0 amide bonds. The Morgan fingerprint density at radius 2 is 1.84 bits per heavy atom. The zero-order valence-corrected chi connectivity index (χ0v) is 11.4. The third-order valence-electron chi connectivity index (χ3n) is 2.89. The SMILES string of the molecule is CCOCc1nc(N)cc(-c2ccc(CC)cc2)n1. The van der Waals surface area contributed by atoms with Crippen LogP contribution in [0.4, 0.5) is 5.82 Å². The lowest BCUT2D eigenvalue weighted by Crippen LogP contribution is -2.03. The Morgan fingerprint density at radius 3 is 2.47 bits per heavy atom. The Labute approximate surface area is 113 Å². The van der Waals surface area contributed by atoms with Gasteiger partial charge in [0.2, 0.25) is 0 Å². The summed E-state index contributed by atoms with van der Waals surface area (Å²) in [6.07, 6.45) is 1.03. The van der Waals surface area contributed by atoms with E-state index in [2.05, 4.69) is 41.2 Å². The van der Waals surface area contributed by atoms with Gasteiger partial charge in [0.15, 0.2) is 5.82 Å². The van der Waals surface area contributed by atoms with Crippen LogP contribution in [-0.4, -0.2) is 16.6 Å². The molecule has 0 aliphatic heterocycles. The first kappa shape index (κ1) is 13.5. The van der Waals surface area contributed by atoms with E-state index in [1.807, 2.05) is 6.92 Å². The molecule has 100 valence electrons. The minimum Gasteiger partial charge on any atom is -0.384 e. The summed E-state index contributed by atoms with van der Waals surface area (Å²) in [6.45, 7) is 5.11. The number of benzene rings is 1. The van der Waals surface area contributed by atoms with Gasteiger partial charge in [0.05, 0.1) is 5.69 Å². The average Bonchev–Trinajstić information content (AvgIpc) is 2.44. The Hall–Kier alpha value is -1.94. The minimum atomic E-state index is 0.390. The summed E-state index contributed by atoms with van der Waals surface area (Å²) in [5.74, 6) is 1.09. The molecule has 0 bridgehead atoms. The van der Waals surface area contributed by atoms with E-state index >= 15 is 0 Å². The summed E-state index contributed by atoms with van der Waals surface area (Å²) in [6, 6.07) is 10.1. The second-order valence-electron chi connectivity index (χ2n) is 4.28. The fourth-order valence-corrected chi connectivity index (χ4v) is 1.83. The van der Waals surface area contributed by atoms with Crippen LogP contribution in [0.2, 0.25) is 0 Å². The number of nitrogens with zero attached hydrogens (tertiary/aromatic N) is 2. The molecule has 2 aromatic rings. The van der Waals surface area contributed by atoms with Crippen LogP contribution in [-0.2, 0) is 17.8 Å². The molecular formula is C15H19N3O. The third kappa shape index (κ3) is 3.51. The van der Waals surface area contributed by atoms with Gasteiger partial charge in [-0.3, -0.25) is 0 Å². The molecule has 19 heavy (non-hydrogen) atoms. The average molecular weight is 257 g/mol. The standard InChI is InChI=1S/C15H19N3O/c1-3-11-5-7-12(8-6-11)13-9-14(16)18-15(17-13)10-19-4-2/h5-9H,3-4,10H2,1-2H3,(H2,16,17,18).